The molecule has 108 valence electrons. The SMILES string of the molecule is CC(O)c1ccc(Sc2n[nH]c(=O)n2C(C)C)cc1Cl. The number of halogens is 1. The summed E-state index contributed by atoms with van der Waals surface area (Å²) in [6.07, 6.45) is -0.610. The van der Waals surface area contributed by atoms with E-state index in [0.29, 0.717) is 15.7 Å². The van der Waals surface area contributed by atoms with Crippen LogP contribution in [-0.2, 0) is 0 Å². The molecule has 1 aromatic heterocycles. The van der Waals surface area contributed by atoms with Gasteiger partial charge in [0.05, 0.1) is 6.10 Å². The fourth-order valence-corrected chi connectivity index (χ4v) is 3.24. The zero-order valence-electron chi connectivity index (χ0n) is 11.4. The number of aromatic nitrogens is 3. The van der Waals surface area contributed by atoms with Crippen molar-refractivity contribution in [1.82, 2.24) is 14.8 Å². The summed E-state index contributed by atoms with van der Waals surface area (Å²) < 4.78 is 1.58. The topological polar surface area (TPSA) is 70.9 Å². The van der Waals surface area contributed by atoms with Gasteiger partial charge in [0.2, 0.25) is 0 Å². The number of aliphatic hydroxyl groups excluding tert-OH is 1. The Morgan fingerprint density at radius 1 is 1.40 bits per heavy atom. The molecule has 0 saturated heterocycles. The van der Waals surface area contributed by atoms with Crippen LogP contribution in [0, 0.1) is 0 Å². The molecule has 0 aliphatic heterocycles. The minimum atomic E-state index is -0.610. The molecular formula is C13H16ClN3O2S. The molecule has 1 heterocycles. The summed E-state index contributed by atoms with van der Waals surface area (Å²) in [5, 5.41) is 17.1. The first-order valence-electron chi connectivity index (χ1n) is 6.22. The predicted octanol–water partition coefficient (Wildman–Crippen LogP) is 3.01. The van der Waals surface area contributed by atoms with Gasteiger partial charge in [0.25, 0.3) is 0 Å². The maximum atomic E-state index is 11.7. The number of aromatic amines is 1. The van der Waals surface area contributed by atoms with Gasteiger partial charge in [-0.2, -0.15) is 0 Å². The summed E-state index contributed by atoms with van der Waals surface area (Å²) in [7, 11) is 0. The lowest BCUT2D eigenvalue weighted by Gasteiger charge is -2.10. The molecule has 0 aliphatic carbocycles. The van der Waals surface area contributed by atoms with Gasteiger partial charge in [-0.3, -0.25) is 4.57 Å². The van der Waals surface area contributed by atoms with Gasteiger partial charge < -0.3 is 5.11 Å². The van der Waals surface area contributed by atoms with Crippen molar-refractivity contribution in [2.75, 3.05) is 0 Å². The van der Waals surface area contributed by atoms with E-state index in [2.05, 4.69) is 10.2 Å². The number of H-pyrrole nitrogens is 1. The van der Waals surface area contributed by atoms with Crippen LogP contribution in [0.5, 0.6) is 0 Å². The van der Waals surface area contributed by atoms with Crippen LogP contribution in [0.25, 0.3) is 0 Å². The first-order chi connectivity index (χ1) is 9.40. The van der Waals surface area contributed by atoms with E-state index in [0.717, 1.165) is 4.90 Å². The van der Waals surface area contributed by atoms with Crippen LogP contribution >= 0.6 is 23.4 Å². The van der Waals surface area contributed by atoms with Crippen molar-refractivity contribution < 1.29 is 5.11 Å². The van der Waals surface area contributed by atoms with Gasteiger partial charge in [0, 0.05) is 16.0 Å². The Morgan fingerprint density at radius 2 is 2.10 bits per heavy atom. The molecule has 1 unspecified atom stereocenters. The Bertz CT molecular complexity index is 664. The third-order valence-electron chi connectivity index (χ3n) is 2.82. The third kappa shape index (κ3) is 3.08. The number of benzene rings is 1. The quantitative estimate of drug-likeness (QED) is 0.910. The Labute approximate surface area is 126 Å². The molecule has 2 aromatic rings. The maximum absolute atomic E-state index is 11.7. The molecule has 20 heavy (non-hydrogen) atoms. The standard InChI is InChI=1S/C13H16ClN3O2S/c1-7(2)17-12(19)15-16-13(17)20-9-4-5-10(8(3)18)11(14)6-9/h4-8,18H,1-3H3,(H,15,19). The molecule has 0 bridgehead atoms. The van der Waals surface area contributed by atoms with Gasteiger partial charge in [-0.15, -0.1) is 5.10 Å². The summed E-state index contributed by atoms with van der Waals surface area (Å²) >= 11 is 7.48. The van der Waals surface area contributed by atoms with Crippen molar-refractivity contribution in [2.24, 2.45) is 0 Å². The van der Waals surface area contributed by atoms with E-state index in [9.17, 15) is 9.90 Å². The largest absolute Gasteiger partial charge is 0.389 e. The number of hydrogen-bond donors (Lipinski definition) is 2. The number of hydrogen-bond acceptors (Lipinski definition) is 4. The highest BCUT2D eigenvalue weighted by Crippen LogP contribution is 2.32. The molecule has 0 radical (unpaired) electrons. The third-order valence-corrected chi connectivity index (χ3v) is 4.11. The monoisotopic (exact) mass is 313 g/mol. The molecular weight excluding hydrogens is 298 g/mol. The van der Waals surface area contributed by atoms with E-state index in [1.54, 1.807) is 23.6 Å². The lowest BCUT2D eigenvalue weighted by Crippen LogP contribution is -2.19. The molecule has 2 rings (SSSR count). The van der Waals surface area contributed by atoms with Gasteiger partial charge in [0.15, 0.2) is 5.16 Å². The summed E-state index contributed by atoms with van der Waals surface area (Å²) in [5.74, 6) is 0. The second kappa shape index (κ2) is 6.03. The van der Waals surface area contributed by atoms with Crippen molar-refractivity contribution >= 4 is 23.4 Å². The van der Waals surface area contributed by atoms with Crippen LogP contribution in [-0.4, -0.2) is 19.9 Å². The van der Waals surface area contributed by atoms with Crippen molar-refractivity contribution in [3.8, 4) is 0 Å². The van der Waals surface area contributed by atoms with Crippen LogP contribution in [0.1, 0.15) is 38.5 Å². The number of nitrogens with one attached hydrogen (secondary N) is 1. The number of rotatable bonds is 4. The normalized spacial score (nSPS) is 12.9. The summed E-state index contributed by atoms with van der Waals surface area (Å²) in [6, 6.07) is 5.41. The molecule has 0 spiro atoms. The summed E-state index contributed by atoms with van der Waals surface area (Å²) in [4.78, 5) is 12.5. The van der Waals surface area contributed by atoms with E-state index in [1.807, 2.05) is 19.9 Å². The lowest BCUT2D eigenvalue weighted by atomic mass is 10.1. The first-order valence-corrected chi connectivity index (χ1v) is 7.42. The number of nitrogens with zero attached hydrogens (tertiary/aromatic N) is 2. The van der Waals surface area contributed by atoms with Crippen LogP contribution in [0.15, 0.2) is 33.0 Å². The van der Waals surface area contributed by atoms with Gasteiger partial charge >= 0.3 is 5.69 Å². The van der Waals surface area contributed by atoms with Crippen LogP contribution in [0.4, 0.5) is 0 Å². The molecule has 1 atom stereocenters. The summed E-state index contributed by atoms with van der Waals surface area (Å²) in [5.41, 5.74) is 0.452. The molecule has 5 nitrogen and oxygen atoms in total. The maximum Gasteiger partial charge on any atom is 0.344 e. The van der Waals surface area contributed by atoms with Crippen molar-refractivity contribution in [3.05, 3.63) is 39.3 Å². The highest BCUT2D eigenvalue weighted by Gasteiger charge is 2.14. The molecule has 0 fully saturated rings. The van der Waals surface area contributed by atoms with Crippen molar-refractivity contribution in [3.63, 3.8) is 0 Å². The van der Waals surface area contributed by atoms with Crippen molar-refractivity contribution in [1.29, 1.82) is 0 Å². The van der Waals surface area contributed by atoms with E-state index in [1.165, 1.54) is 11.8 Å². The van der Waals surface area contributed by atoms with Gasteiger partial charge in [-0.25, -0.2) is 9.89 Å². The van der Waals surface area contributed by atoms with E-state index < -0.39 is 6.10 Å². The first kappa shape index (κ1) is 15.2. The smallest absolute Gasteiger partial charge is 0.344 e. The minimum absolute atomic E-state index is 0.0240. The fourth-order valence-electron chi connectivity index (χ4n) is 1.83. The highest BCUT2D eigenvalue weighted by atomic mass is 35.5. The van der Waals surface area contributed by atoms with Crippen LogP contribution in [0.3, 0.4) is 0 Å². The van der Waals surface area contributed by atoms with Gasteiger partial charge in [-0.05, 0) is 50.2 Å². The Hall–Kier alpha value is -1.24. The Kier molecular flexibility index (Phi) is 4.57. The zero-order valence-corrected chi connectivity index (χ0v) is 13.0. The van der Waals surface area contributed by atoms with Crippen molar-refractivity contribution in [2.45, 2.75) is 43.0 Å². The molecule has 0 amide bonds. The van der Waals surface area contributed by atoms with E-state index in [-0.39, 0.29) is 11.7 Å². The van der Waals surface area contributed by atoms with E-state index in [4.69, 9.17) is 11.6 Å². The minimum Gasteiger partial charge on any atom is -0.389 e. The average Bonchev–Trinajstić information content (AvgIpc) is 2.70. The average molecular weight is 314 g/mol. The van der Waals surface area contributed by atoms with Gasteiger partial charge in [-0.1, -0.05) is 17.7 Å². The highest BCUT2D eigenvalue weighted by molar-refractivity contribution is 7.99. The Balaban J connectivity index is 2.32. The second-order valence-corrected chi connectivity index (χ2v) is 6.18. The lowest BCUT2D eigenvalue weighted by molar-refractivity contribution is 0.199. The molecule has 2 N–H and O–H groups in total. The fraction of sp³-hybridized carbons (Fsp3) is 0.385. The van der Waals surface area contributed by atoms with E-state index >= 15 is 0 Å². The number of aliphatic hydroxyl groups is 1. The zero-order chi connectivity index (χ0) is 14.9. The van der Waals surface area contributed by atoms with Crippen LogP contribution < -0.4 is 5.69 Å². The molecule has 0 aliphatic rings. The van der Waals surface area contributed by atoms with Gasteiger partial charge in [0.1, 0.15) is 0 Å². The second-order valence-electron chi connectivity index (χ2n) is 4.74. The van der Waals surface area contributed by atoms with Crippen LogP contribution in [0.2, 0.25) is 5.02 Å². The molecule has 0 saturated carbocycles. The molecule has 1 aromatic carbocycles. The Morgan fingerprint density at radius 3 is 2.65 bits per heavy atom. The molecule has 7 heteroatoms. The summed E-state index contributed by atoms with van der Waals surface area (Å²) in [6.45, 7) is 5.51. The predicted molar refractivity (Wildman–Crippen MR) is 79.4 cm³/mol.